The van der Waals surface area contributed by atoms with Gasteiger partial charge in [-0.2, -0.15) is 4.31 Å². The molecule has 0 unspecified atom stereocenters. The summed E-state index contributed by atoms with van der Waals surface area (Å²) in [5, 5.41) is 0. The van der Waals surface area contributed by atoms with E-state index in [2.05, 4.69) is 4.72 Å². The molecule has 0 aromatic heterocycles. The fraction of sp³-hybridized carbons (Fsp3) is 0.500. The van der Waals surface area contributed by atoms with Gasteiger partial charge in [0.05, 0.1) is 15.9 Å². The second kappa shape index (κ2) is 10.8. The zero-order chi connectivity index (χ0) is 24.2. The first-order valence-electron chi connectivity index (χ1n) is 11.7. The Bertz CT molecular complexity index is 1160. The summed E-state index contributed by atoms with van der Waals surface area (Å²) in [6.45, 7) is 0.958. The minimum Gasteiger partial charge on any atom is -0.377 e. The molecule has 1 aliphatic carbocycles. The van der Waals surface area contributed by atoms with Gasteiger partial charge in [0.1, 0.15) is 5.82 Å². The maximum absolute atomic E-state index is 13.6. The van der Waals surface area contributed by atoms with Crippen LogP contribution >= 0.6 is 0 Å². The Balaban J connectivity index is 1.54. The predicted octanol–water partition coefficient (Wildman–Crippen LogP) is 3.81. The maximum Gasteiger partial charge on any atom is 0.243 e. The van der Waals surface area contributed by atoms with Crippen LogP contribution in [0, 0.1) is 5.82 Å². The Kier molecular flexibility index (Phi) is 8.04. The van der Waals surface area contributed by atoms with Gasteiger partial charge in [0.15, 0.2) is 0 Å². The number of nitrogens with one attached hydrogen (secondary N) is 1. The average Bonchev–Trinajstić information content (AvgIpc) is 3.37. The summed E-state index contributed by atoms with van der Waals surface area (Å²) >= 11 is 0. The summed E-state index contributed by atoms with van der Waals surface area (Å²) in [5.74, 6) is -0.374. The van der Waals surface area contributed by atoms with E-state index in [9.17, 15) is 21.2 Å². The van der Waals surface area contributed by atoms with Crippen molar-refractivity contribution in [2.24, 2.45) is 0 Å². The highest BCUT2D eigenvalue weighted by Gasteiger charge is 2.33. The summed E-state index contributed by atoms with van der Waals surface area (Å²) in [5.41, 5.74) is 0.702. The van der Waals surface area contributed by atoms with E-state index in [-0.39, 0.29) is 40.8 Å². The van der Waals surface area contributed by atoms with Gasteiger partial charge in [-0.1, -0.05) is 31.4 Å². The van der Waals surface area contributed by atoms with Crippen LogP contribution in [-0.4, -0.2) is 46.4 Å². The Morgan fingerprint density at radius 2 is 1.50 bits per heavy atom. The molecule has 2 aromatic rings. The van der Waals surface area contributed by atoms with Gasteiger partial charge >= 0.3 is 0 Å². The molecule has 0 radical (unpaired) electrons. The number of hydrogen-bond donors (Lipinski definition) is 1. The molecule has 0 amide bonds. The lowest BCUT2D eigenvalue weighted by Crippen LogP contribution is -2.40. The van der Waals surface area contributed by atoms with Crippen LogP contribution in [0.5, 0.6) is 0 Å². The van der Waals surface area contributed by atoms with Crippen LogP contribution in [0.2, 0.25) is 0 Å². The van der Waals surface area contributed by atoms with Gasteiger partial charge in [-0.15, -0.1) is 0 Å². The van der Waals surface area contributed by atoms with Gasteiger partial charge in [0, 0.05) is 25.7 Å². The van der Waals surface area contributed by atoms with E-state index in [0.29, 0.717) is 12.2 Å². The first-order chi connectivity index (χ1) is 16.3. The lowest BCUT2D eigenvalue weighted by molar-refractivity contribution is 0.114. The molecule has 1 aliphatic heterocycles. The van der Waals surface area contributed by atoms with Crippen LogP contribution in [0.25, 0.3) is 0 Å². The topological polar surface area (TPSA) is 92.8 Å². The molecule has 2 fully saturated rings. The second-order valence-electron chi connectivity index (χ2n) is 8.93. The molecule has 2 aromatic carbocycles. The average molecular weight is 511 g/mol. The van der Waals surface area contributed by atoms with Crippen LogP contribution in [-0.2, 0) is 31.3 Å². The second-order valence-corrected chi connectivity index (χ2v) is 12.6. The number of benzene rings is 2. The molecule has 186 valence electrons. The van der Waals surface area contributed by atoms with E-state index in [0.717, 1.165) is 44.9 Å². The van der Waals surface area contributed by atoms with Crippen molar-refractivity contribution in [3.8, 4) is 0 Å². The van der Waals surface area contributed by atoms with Gasteiger partial charge in [0.2, 0.25) is 20.0 Å². The van der Waals surface area contributed by atoms with Crippen molar-refractivity contribution in [3.05, 3.63) is 59.9 Å². The van der Waals surface area contributed by atoms with Crippen molar-refractivity contribution in [2.45, 2.75) is 73.4 Å². The summed E-state index contributed by atoms with van der Waals surface area (Å²) in [6.07, 6.45) is 6.09. The van der Waals surface area contributed by atoms with Crippen molar-refractivity contribution in [1.82, 2.24) is 9.03 Å². The minimum absolute atomic E-state index is 0.00666. The largest absolute Gasteiger partial charge is 0.377 e. The lowest BCUT2D eigenvalue weighted by atomic mass is 9.95. The van der Waals surface area contributed by atoms with Crippen LogP contribution in [0.3, 0.4) is 0 Å². The standard InChI is InChI=1S/C24H31FN2O5S2/c25-20-10-8-19(9-11-20)18-27(21-5-2-1-3-6-21)34(30,31)24-14-12-23(13-15-24)33(28,29)26-17-22-7-4-16-32-22/h8-15,21-22,26H,1-7,16-18H2/t22-/m1/s1. The SMILES string of the molecule is O=S(=O)(NC[C@H]1CCCO1)c1ccc(S(=O)(=O)N(Cc2ccc(F)cc2)C2CCCCC2)cc1. The molecule has 10 heteroatoms. The monoisotopic (exact) mass is 510 g/mol. The smallest absolute Gasteiger partial charge is 0.243 e. The normalized spacial score (nSPS) is 20.1. The third kappa shape index (κ3) is 6.04. The zero-order valence-corrected chi connectivity index (χ0v) is 20.7. The summed E-state index contributed by atoms with van der Waals surface area (Å²) in [7, 11) is -7.67. The number of rotatable bonds is 9. The fourth-order valence-electron chi connectivity index (χ4n) is 4.57. The van der Waals surface area contributed by atoms with E-state index >= 15 is 0 Å². The summed E-state index contributed by atoms with van der Waals surface area (Å²) < 4.78 is 75.4. The molecule has 1 atom stereocenters. The molecule has 4 rings (SSSR count). The molecule has 0 spiro atoms. The lowest BCUT2D eigenvalue weighted by Gasteiger charge is -2.33. The van der Waals surface area contributed by atoms with Crippen LogP contribution in [0.15, 0.2) is 58.3 Å². The molecule has 2 aliphatic rings. The first-order valence-corrected chi connectivity index (χ1v) is 14.7. The molecule has 1 N–H and O–H groups in total. The predicted molar refractivity (Wildman–Crippen MR) is 127 cm³/mol. The van der Waals surface area contributed by atoms with Crippen molar-refractivity contribution in [1.29, 1.82) is 0 Å². The molecule has 34 heavy (non-hydrogen) atoms. The Labute approximate surface area is 201 Å². The van der Waals surface area contributed by atoms with E-state index in [4.69, 9.17) is 4.74 Å². The highest BCUT2D eigenvalue weighted by Crippen LogP contribution is 2.30. The number of sulfonamides is 2. The molecule has 1 saturated heterocycles. The highest BCUT2D eigenvalue weighted by molar-refractivity contribution is 7.89. The minimum atomic E-state index is -3.89. The van der Waals surface area contributed by atoms with Crippen molar-refractivity contribution >= 4 is 20.0 Å². The van der Waals surface area contributed by atoms with Crippen molar-refractivity contribution < 1.29 is 26.0 Å². The van der Waals surface area contributed by atoms with Gasteiger partial charge in [0.25, 0.3) is 0 Å². The van der Waals surface area contributed by atoms with Crippen molar-refractivity contribution in [3.63, 3.8) is 0 Å². The first kappa shape index (κ1) is 25.2. The van der Waals surface area contributed by atoms with Crippen LogP contribution in [0.4, 0.5) is 4.39 Å². The molecule has 0 bridgehead atoms. The van der Waals surface area contributed by atoms with Gasteiger partial charge in [-0.25, -0.2) is 25.9 Å². The van der Waals surface area contributed by atoms with Crippen LogP contribution in [0.1, 0.15) is 50.5 Å². The van der Waals surface area contributed by atoms with Crippen LogP contribution < -0.4 is 4.72 Å². The number of hydrogen-bond acceptors (Lipinski definition) is 5. The maximum atomic E-state index is 13.6. The van der Waals surface area contributed by atoms with E-state index in [1.54, 1.807) is 12.1 Å². The van der Waals surface area contributed by atoms with Gasteiger partial charge in [-0.3, -0.25) is 0 Å². The quantitative estimate of drug-likeness (QED) is 0.554. The zero-order valence-electron chi connectivity index (χ0n) is 19.0. The Hall–Kier alpha value is -1.85. The van der Waals surface area contributed by atoms with E-state index in [1.807, 2.05) is 0 Å². The fourth-order valence-corrected chi connectivity index (χ4v) is 7.31. The van der Waals surface area contributed by atoms with E-state index < -0.39 is 20.0 Å². The molecular weight excluding hydrogens is 479 g/mol. The van der Waals surface area contributed by atoms with Gasteiger partial charge < -0.3 is 4.74 Å². The molecule has 1 heterocycles. The van der Waals surface area contributed by atoms with Gasteiger partial charge in [-0.05, 0) is 67.6 Å². The summed E-state index contributed by atoms with van der Waals surface area (Å²) in [4.78, 5) is 0.0467. The Morgan fingerprint density at radius 1 is 0.853 bits per heavy atom. The Morgan fingerprint density at radius 3 is 2.12 bits per heavy atom. The third-order valence-electron chi connectivity index (χ3n) is 6.50. The third-order valence-corrected chi connectivity index (χ3v) is 9.85. The molecular formula is C24H31FN2O5S2. The van der Waals surface area contributed by atoms with E-state index in [1.165, 1.54) is 40.7 Å². The van der Waals surface area contributed by atoms with Crippen molar-refractivity contribution in [2.75, 3.05) is 13.2 Å². The highest BCUT2D eigenvalue weighted by atomic mass is 32.2. The molecule has 1 saturated carbocycles. The number of nitrogens with zero attached hydrogens (tertiary/aromatic N) is 1. The number of ether oxygens (including phenoxy) is 1. The summed E-state index contributed by atoms with van der Waals surface area (Å²) in [6, 6.07) is 11.0. The number of halogens is 1. The molecule has 7 nitrogen and oxygen atoms in total.